The van der Waals surface area contributed by atoms with E-state index < -0.39 is 22.2 Å². The lowest BCUT2D eigenvalue weighted by Gasteiger charge is -2.37. The number of hydrogen-bond donors (Lipinski definition) is 1. The number of aromatic nitrogens is 1. The first-order valence-electron chi connectivity index (χ1n) is 8.75. The van der Waals surface area contributed by atoms with Crippen LogP contribution in [0.1, 0.15) is 39.0 Å². The summed E-state index contributed by atoms with van der Waals surface area (Å²) in [4.78, 5) is 29.8. The van der Waals surface area contributed by atoms with E-state index in [0.29, 0.717) is 48.7 Å². The number of piperazine rings is 1. The number of hydrogen-bond acceptors (Lipinski definition) is 6. The number of aryl methyl sites for hydroxylation is 1. The maximum absolute atomic E-state index is 13.0. The van der Waals surface area contributed by atoms with Gasteiger partial charge in [0.25, 0.3) is 10.2 Å². The number of ketones is 1. The molecule has 1 fully saturated rings. The second kappa shape index (κ2) is 8.09. The third kappa shape index (κ3) is 4.08. The van der Waals surface area contributed by atoms with Crippen molar-refractivity contribution in [3.8, 4) is 0 Å². The highest BCUT2D eigenvalue weighted by Gasteiger charge is 2.33. The van der Waals surface area contributed by atoms with E-state index in [-0.39, 0.29) is 5.78 Å². The molecule has 2 heterocycles. The molecule has 152 valence electrons. The highest BCUT2D eigenvalue weighted by Crippen LogP contribution is 2.22. The predicted molar refractivity (Wildman–Crippen MR) is 101 cm³/mol. The maximum atomic E-state index is 13.0. The van der Waals surface area contributed by atoms with Gasteiger partial charge >= 0.3 is 5.97 Å². The third-order valence-electron chi connectivity index (χ3n) is 5.06. The Kier molecular flexibility index (Phi) is 6.46. The van der Waals surface area contributed by atoms with Crippen molar-refractivity contribution in [3.05, 3.63) is 22.5 Å². The summed E-state index contributed by atoms with van der Waals surface area (Å²) in [5.74, 6) is -0.606. The zero-order valence-electron chi connectivity index (χ0n) is 16.7. The normalized spacial score (nSPS) is 17.9. The molecule has 0 saturated carbocycles. The molecule has 1 N–H and O–H groups in total. The number of carbonyl (C=O) groups excluding carboxylic acids is 2. The molecule has 0 aromatic carbocycles. The number of ether oxygens (including phenoxy) is 1. The van der Waals surface area contributed by atoms with Gasteiger partial charge in [0.1, 0.15) is 0 Å². The molecule has 10 heteroatoms. The summed E-state index contributed by atoms with van der Waals surface area (Å²) >= 11 is 0. The second-order valence-corrected chi connectivity index (χ2v) is 9.02. The van der Waals surface area contributed by atoms with Crippen LogP contribution in [0.4, 0.5) is 0 Å². The van der Waals surface area contributed by atoms with Crippen molar-refractivity contribution in [2.24, 2.45) is 0 Å². The molecule has 1 atom stereocenters. The summed E-state index contributed by atoms with van der Waals surface area (Å²) < 4.78 is 31.8. The van der Waals surface area contributed by atoms with E-state index in [1.165, 1.54) is 29.8 Å². The van der Waals surface area contributed by atoms with Crippen molar-refractivity contribution in [2.45, 2.75) is 26.8 Å². The fraction of sp³-hybridized carbons (Fsp3) is 0.647. The van der Waals surface area contributed by atoms with Gasteiger partial charge in [-0.2, -0.15) is 17.0 Å². The Hall–Kier alpha value is -1.75. The van der Waals surface area contributed by atoms with Crippen molar-refractivity contribution in [2.75, 3.05) is 47.4 Å². The van der Waals surface area contributed by atoms with Crippen molar-refractivity contribution in [1.29, 1.82) is 0 Å². The Morgan fingerprint density at radius 1 is 1.15 bits per heavy atom. The predicted octanol–water partition coefficient (Wildman–Crippen LogP) is 0.413. The molecule has 0 amide bonds. The van der Waals surface area contributed by atoms with Gasteiger partial charge in [0.2, 0.25) is 0 Å². The fourth-order valence-electron chi connectivity index (χ4n) is 3.33. The number of nitrogens with zero attached hydrogens (tertiary/aromatic N) is 3. The quantitative estimate of drug-likeness (QED) is 0.548. The van der Waals surface area contributed by atoms with Crippen LogP contribution >= 0.6 is 0 Å². The Balaban J connectivity index is 2.13. The summed E-state index contributed by atoms with van der Waals surface area (Å²) in [6.07, 6.45) is 0. The molecule has 0 spiro atoms. The molecule has 2 rings (SSSR count). The molecule has 1 aliphatic heterocycles. The summed E-state index contributed by atoms with van der Waals surface area (Å²) in [6.45, 7) is 6.82. The van der Waals surface area contributed by atoms with Gasteiger partial charge in [-0.3, -0.25) is 9.69 Å². The molecular formula is C17H28N4O5S. The highest BCUT2D eigenvalue weighted by molar-refractivity contribution is 7.86. The zero-order valence-corrected chi connectivity index (χ0v) is 17.5. The summed E-state index contributed by atoms with van der Waals surface area (Å²) in [7, 11) is 0.866. The van der Waals surface area contributed by atoms with Gasteiger partial charge in [0.15, 0.2) is 5.78 Å². The lowest BCUT2D eigenvalue weighted by Crippen LogP contribution is -2.55. The van der Waals surface area contributed by atoms with Gasteiger partial charge in [0, 0.05) is 46.0 Å². The van der Waals surface area contributed by atoms with Crippen LogP contribution in [0.3, 0.4) is 0 Å². The van der Waals surface area contributed by atoms with Gasteiger partial charge < -0.3 is 9.72 Å². The maximum Gasteiger partial charge on any atom is 0.339 e. The molecule has 0 aliphatic carbocycles. The average Bonchev–Trinajstić information content (AvgIpc) is 2.94. The Morgan fingerprint density at radius 2 is 1.70 bits per heavy atom. The van der Waals surface area contributed by atoms with Crippen LogP contribution in [0.5, 0.6) is 0 Å². The summed E-state index contributed by atoms with van der Waals surface area (Å²) in [5.41, 5.74) is 1.94. The van der Waals surface area contributed by atoms with Crippen molar-refractivity contribution in [1.82, 2.24) is 18.5 Å². The number of nitrogens with one attached hydrogen (secondary N) is 1. The van der Waals surface area contributed by atoms with E-state index in [2.05, 4.69) is 4.98 Å². The van der Waals surface area contributed by atoms with Crippen LogP contribution in [-0.2, 0) is 14.9 Å². The van der Waals surface area contributed by atoms with Gasteiger partial charge in [-0.1, -0.05) is 0 Å². The van der Waals surface area contributed by atoms with Crippen molar-refractivity contribution in [3.63, 3.8) is 0 Å². The van der Waals surface area contributed by atoms with Crippen LogP contribution in [-0.4, -0.2) is 92.1 Å². The third-order valence-corrected chi connectivity index (χ3v) is 7.00. The van der Waals surface area contributed by atoms with E-state index in [1.54, 1.807) is 20.8 Å². The number of methoxy groups -OCH3 is 1. The van der Waals surface area contributed by atoms with E-state index in [1.807, 2.05) is 4.90 Å². The molecule has 0 radical (unpaired) electrons. The molecule has 1 aromatic rings. The van der Waals surface area contributed by atoms with E-state index in [0.717, 1.165) is 0 Å². The van der Waals surface area contributed by atoms with Gasteiger partial charge in [-0.25, -0.2) is 4.79 Å². The Labute approximate surface area is 160 Å². The van der Waals surface area contributed by atoms with Crippen LogP contribution in [0.25, 0.3) is 0 Å². The van der Waals surface area contributed by atoms with Crippen LogP contribution < -0.4 is 0 Å². The minimum atomic E-state index is -3.45. The fourth-order valence-corrected chi connectivity index (χ4v) is 4.42. The van der Waals surface area contributed by atoms with E-state index in [4.69, 9.17) is 4.74 Å². The molecule has 0 bridgehead atoms. The first kappa shape index (κ1) is 21.5. The molecular weight excluding hydrogens is 372 g/mol. The Morgan fingerprint density at radius 3 is 2.19 bits per heavy atom. The molecule has 1 saturated heterocycles. The molecule has 1 unspecified atom stereocenters. The number of Topliss-reactive ketones (excluding diaryl/α,β-unsaturated/α-hetero) is 1. The van der Waals surface area contributed by atoms with Gasteiger partial charge in [0.05, 0.1) is 24.4 Å². The number of esters is 1. The van der Waals surface area contributed by atoms with Gasteiger partial charge in [-0.15, -0.1) is 0 Å². The number of aromatic amines is 1. The van der Waals surface area contributed by atoms with Crippen molar-refractivity contribution < 1.29 is 22.7 Å². The SMILES string of the molecule is COC(=O)c1c(C)[nH]c(C(=O)C(C)N2CCN(S(=O)(=O)N(C)C)CC2)c1C. The zero-order chi connectivity index (χ0) is 20.5. The standard InChI is InChI=1S/C17H28N4O5S/c1-11-14(17(23)26-6)12(2)18-15(11)16(22)13(3)20-7-9-21(10-8-20)27(24,25)19(4)5/h13,18H,7-10H2,1-6H3. The highest BCUT2D eigenvalue weighted by atomic mass is 32.2. The minimum absolute atomic E-state index is 0.130. The summed E-state index contributed by atoms with van der Waals surface area (Å²) in [6, 6.07) is -0.434. The lowest BCUT2D eigenvalue weighted by atomic mass is 10.0. The Bertz CT molecular complexity index is 823. The van der Waals surface area contributed by atoms with Crippen LogP contribution in [0, 0.1) is 13.8 Å². The number of rotatable bonds is 6. The number of carbonyl (C=O) groups is 2. The van der Waals surface area contributed by atoms with E-state index in [9.17, 15) is 18.0 Å². The lowest BCUT2D eigenvalue weighted by molar-refractivity contribution is 0.0599. The van der Waals surface area contributed by atoms with E-state index >= 15 is 0 Å². The largest absolute Gasteiger partial charge is 0.465 e. The first-order chi connectivity index (χ1) is 12.5. The van der Waals surface area contributed by atoms with Crippen LogP contribution in [0.15, 0.2) is 0 Å². The van der Waals surface area contributed by atoms with Crippen molar-refractivity contribution >= 4 is 22.0 Å². The first-order valence-corrected chi connectivity index (χ1v) is 10.1. The van der Waals surface area contributed by atoms with Crippen LogP contribution in [0.2, 0.25) is 0 Å². The average molecular weight is 401 g/mol. The topological polar surface area (TPSA) is 103 Å². The molecule has 1 aliphatic rings. The van der Waals surface area contributed by atoms with Gasteiger partial charge in [-0.05, 0) is 26.3 Å². The molecule has 27 heavy (non-hydrogen) atoms. The molecule has 9 nitrogen and oxygen atoms in total. The summed E-state index contributed by atoms with van der Waals surface area (Å²) in [5, 5.41) is 0. The monoisotopic (exact) mass is 400 g/mol. The minimum Gasteiger partial charge on any atom is -0.465 e. The second-order valence-electron chi connectivity index (χ2n) is 6.88. The molecule has 1 aromatic heterocycles. The smallest absolute Gasteiger partial charge is 0.339 e. The number of H-pyrrole nitrogens is 1.